The Balaban J connectivity index is 1.13. The average molecular weight is 615 g/mol. The predicted molar refractivity (Wildman–Crippen MR) is 193 cm³/mol. The lowest BCUT2D eigenvalue weighted by molar-refractivity contribution is 1.06. The summed E-state index contributed by atoms with van der Waals surface area (Å²) in [5, 5.41) is 4.43. The molecule has 0 bridgehead atoms. The second-order valence-electron chi connectivity index (χ2n) is 11.6. The van der Waals surface area contributed by atoms with Gasteiger partial charge in [0.25, 0.3) is 0 Å². The summed E-state index contributed by atoms with van der Waals surface area (Å²) in [6.45, 7) is 0. The Morgan fingerprint density at radius 3 is 1.23 bits per heavy atom. The number of pyridine rings is 3. The molecule has 0 aliphatic rings. The number of benzene rings is 5. The van der Waals surface area contributed by atoms with Crippen molar-refractivity contribution in [1.82, 2.24) is 29.9 Å². The van der Waals surface area contributed by atoms with Gasteiger partial charge in [0.2, 0.25) is 0 Å². The van der Waals surface area contributed by atoms with Gasteiger partial charge in [0.05, 0.1) is 11.0 Å². The highest BCUT2D eigenvalue weighted by Crippen LogP contribution is 2.37. The van der Waals surface area contributed by atoms with E-state index < -0.39 is 0 Å². The highest BCUT2D eigenvalue weighted by Gasteiger charge is 2.15. The number of fused-ring (bicyclic) bond motifs is 6. The van der Waals surface area contributed by atoms with Crippen molar-refractivity contribution in [3.8, 4) is 56.5 Å². The summed E-state index contributed by atoms with van der Waals surface area (Å²) in [5.41, 5.74) is 8.42. The Labute approximate surface area is 276 Å². The molecule has 0 N–H and O–H groups in total. The molecule has 9 rings (SSSR count). The first-order valence-corrected chi connectivity index (χ1v) is 15.8. The topological polar surface area (TPSA) is 77.3 Å². The molecule has 224 valence electrons. The van der Waals surface area contributed by atoms with Crippen LogP contribution < -0.4 is 0 Å². The second-order valence-corrected chi connectivity index (χ2v) is 11.6. The van der Waals surface area contributed by atoms with Gasteiger partial charge in [-0.05, 0) is 34.5 Å². The van der Waals surface area contributed by atoms with Crippen LogP contribution in [0.4, 0.5) is 0 Å². The maximum atomic E-state index is 4.99. The fraction of sp³-hybridized carbons (Fsp3) is 0. The molecule has 0 amide bonds. The largest absolute Gasteiger partial charge is 0.253 e. The van der Waals surface area contributed by atoms with Crippen LogP contribution in [0.3, 0.4) is 0 Å². The third-order valence-corrected chi connectivity index (χ3v) is 8.64. The van der Waals surface area contributed by atoms with E-state index in [-0.39, 0.29) is 0 Å². The van der Waals surface area contributed by atoms with Crippen LogP contribution in [0, 0.1) is 0 Å². The zero-order valence-corrected chi connectivity index (χ0v) is 25.7. The van der Waals surface area contributed by atoms with E-state index in [4.69, 9.17) is 29.9 Å². The van der Waals surface area contributed by atoms with E-state index in [1.807, 2.05) is 97.5 Å². The second kappa shape index (κ2) is 11.6. The molecule has 0 radical (unpaired) electrons. The Kier molecular flexibility index (Phi) is 6.68. The lowest BCUT2D eigenvalue weighted by atomic mass is 9.96. The van der Waals surface area contributed by atoms with Gasteiger partial charge >= 0.3 is 0 Å². The van der Waals surface area contributed by atoms with Crippen LogP contribution in [0.5, 0.6) is 0 Å². The minimum absolute atomic E-state index is 0.518. The first-order chi connectivity index (χ1) is 23.8. The monoisotopic (exact) mass is 614 g/mol. The van der Waals surface area contributed by atoms with Crippen molar-refractivity contribution < 1.29 is 0 Å². The molecule has 0 saturated heterocycles. The minimum atomic E-state index is 0.518. The first kappa shape index (κ1) is 27.6. The maximum absolute atomic E-state index is 4.99. The van der Waals surface area contributed by atoms with Crippen LogP contribution in [-0.4, -0.2) is 29.9 Å². The van der Waals surface area contributed by atoms with Gasteiger partial charge in [-0.3, -0.25) is 15.0 Å². The molecule has 0 fully saturated rings. The van der Waals surface area contributed by atoms with Gasteiger partial charge in [-0.25, -0.2) is 15.0 Å². The molecule has 0 saturated carbocycles. The van der Waals surface area contributed by atoms with Gasteiger partial charge in [-0.1, -0.05) is 121 Å². The predicted octanol–water partition coefficient (Wildman–Crippen LogP) is 9.85. The third kappa shape index (κ3) is 4.93. The molecule has 9 aromatic rings. The van der Waals surface area contributed by atoms with Crippen LogP contribution in [0.25, 0.3) is 89.1 Å². The standard InChI is InChI=1S/C42H26N6/c1-4-12-27(13-5-1)31-22-35-33-18-10-11-19-34(33)36-23-32(26-45-39(36)38(35)44-25-31)30-20-21-37(43-24-30)42-47-40(28-14-6-2-7-15-28)46-41(48-42)29-16-8-3-9-17-29/h1-26H. The molecule has 4 aromatic heterocycles. The fourth-order valence-corrected chi connectivity index (χ4v) is 6.24. The molecule has 5 aromatic carbocycles. The quantitative estimate of drug-likeness (QED) is 0.180. The Morgan fingerprint density at radius 1 is 0.292 bits per heavy atom. The van der Waals surface area contributed by atoms with Crippen molar-refractivity contribution in [3.05, 3.63) is 158 Å². The zero-order valence-electron chi connectivity index (χ0n) is 25.7. The zero-order chi connectivity index (χ0) is 31.9. The molecule has 6 nitrogen and oxygen atoms in total. The molecular formula is C42H26N6. The van der Waals surface area contributed by atoms with Gasteiger partial charge in [0.15, 0.2) is 17.5 Å². The summed E-state index contributed by atoms with van der Waals surface area (Å²) in [6.07, 6.45) is 5.71. The summed E-state index contributed by atoms with van der Waals surface area (Å²) in [6, 6.07) is 47.2. The van der Waals surface area contributed by atoms with Crippen LogP contribution in [0.2, 0.25) is 0 Å². The molecule has 0 aliphatic heterocycles. The average Bonchev–Trinajstić information content (AvgIpc) is 3.18. The van der Waals surface area contributed by atoms with Gasteiger partial charge in [0, 0.05) is 57.2 Å². The van der Waals surface area contributed by atoms with Gasteiger partial charge in [-0.15, -0.1) is 0 Å². The van der Waals surface area contributed by atoms with Crippen molar-refractivity contribution in [2.75, 3.05) is 0 Å². The van der Waals surface area contributed by atoms with E-state index in [1.54, 1.807) is 0 Å². The minimum Gasteiger partial charge on any atom is -0.253 e. The Hall–Kier alpha value is -6.66. The normalized spacial score (nSPS) is 11.3. The summed E-state index contributed by atoms with van der Waals surface area (Å²) >= 11 is 0. The van der Waals surface area contributed by atoms with Gasteiger partial charge in [0.1, 0.15) is 5.69 Å². The van der Waals surface area contributed by atoms with Crippen molar-refractivity contribution in [2.24, 2.45) is 0 Å². The van der Waals surface area contributed by atoms with E-state index in [2.05, 4.69) is 60.7 Å². The highest BCUT2D eigenvalue weighted by molar-refractivity contribution is 6.23. The van der Waals surface area contributed by atoms with Crippen molar-refractivity contribution in [3.63, 3.8) is 0 Å². The molecule has 0 unspecified atom stereocenters. The van der Waals surface area contributed by atoms with Crippen LogP contribution in [0.15, 0.2) is 158 Å². The summed E-state index contributed by atoms with van der Waals surface area (Å²) in [7, 11) is 0. The Morgan fingerprint density at radius 2 is 0.729 bits per heavy atom. The van der Waals surface area contributed by atoms with Crippen LogP contribution in [-0.2, 0) is 0 Å². The van der Waals surface area contributed by atoms with E-state index >= 15 is 0 Å². The summed E-state index contributed by atoms with van der Waals surface area (Å²) in [5.74, 6) is 1.73. The number of aromatic nitrogens is 6. The number of rotatable bonds is 5. The number of nitrogens with zero attached hydrogens (tertiary/aromatic N) is 6. The first-order valence-electron chi connectivity index (χ1n) is 15.8. The van der Waals surface area contributed by atoms with Crippen molar-refractivity contribution >= 4 is 32.6 Å². The molecule has 0 aliphatic carbocycles. The highest BCUT2D eigenvalue weighted by atomic mass is 15.0. The molecule has 48 heavy (non-hydrogen) atoms. The molecule has 0 atom stereocenters. The molecule has 0 spiro atoms. The molecular weight excluding hydrogens is 589 g/mol. The van der Waals surface area contributed by atoms with Gasteiger partial charge in [-0.2, -0.15) is 0 Å². The summed E-state index contributed by atoms with van der Waals surface area (Å²) in [4.78, 5) is 29.2. The fourth-order valence-electron chi connectivity index (χ4n) is 6.24. The smallest absolute Gasteiger partial charge is 0.182 e. The maximum Gasteiger partial charge on any atom is 0.182 e. The van der Waals surface area contributed by atoms with E-state index in [1.165, 1.54) is 0 Å². The number of hydrogen-bond donors (Lipinski definition) is 0. The summed E-state index contributed by atoms with van der Waals surface area (Å²) < 4.78 is 0. The Bertz CT molecular complexity index is 2510. The van der Waals surface area contributed by atoms with Gasteiger partial charge < -0.3 is 0 Å². The third-order valence-electron chi connectivity index (χ3n) is 8.64. The van der Waals surface area contributed by atoms with E-state index in [0.29, 0.717) is 23.2 Å². The number of hydrogen-bond acceptors (Lipinski definition) is 6. The van der Waals surface area contributed by atoms with Crippen molar-refractivity contribution in [1.29, 1.82) is 0 Å². The van der Waals surface area contributed by atoms with Crippen molar-refractivity contribution in [2.45, 2.75) is 0 Å². The van der Waals surface area contributed by atoms with E-state index in [9.17, 15) is 0 Å². The van der Waals surface area contributed by atoms with Crippen LogP contribution >= 0.6 is 0 Å². The lowest BCUT2D eigenvalue weighted by Crippen LogP contribution is -2.01. The van der Waals surface area contributed by atoms with Crippen LogP contribution in [0.1, 0.15) is 0 Å². The molecule has 6 heteroatoms. The van der Waals surface area contributed by atoms with E-state index in [0.717, 1.165) is 66.0 Å². The SMILES string of the molecule is c1ccc(-c2cnc3c(c2)c2ccccc2c2cc(-c4ccc(-c5nc(-c6ccccc6)nc(-c6ccccc6)n5)nc4)cnc23)cc1. The molecule has 4 heterocycles. The lowest BCUT2D eigenvalue weighted by Gasteiger charge is -2.12.